The van der Waals surface area contributed by atoms with E-state index in [0.717, 1.165) is 17.0 Å². The molecule has 0 aliphatic carbocycles. The molecule has 0 unspecified atom stereocenters. The Labute approximate surface area is 135 Å². The third-order valence-electron chi connectivity index (χ3n) is 3.97. The SMILES string of the molecule is C[C@H](Nc1nc(Nc2ccccc2)nc2nc[nH]c12)C(C)(C)C. The fraction of sp³-hybridized carbons (Fsp3) is 0.353. The molecule has 3 rings (SSSR count). The van der Waals surface area contributed by atoms with E-state index in [0.29, 0.717) is 11.6 Å². The molecule has 1 atom stereocenters. The van der Waals surface area contributed by atoms with Crippen molar-refractivity contribution in [1.29, 1.82) is 0 Å². The van der Waals surface area contributed by atoms with Gasteiger partial charge in [0.25, 0.3) is 0 Å². The van der Waals surface area contributed by atoms with Crippen LogP contribution in [0.5, 0.6) is 0 Å². The van der Waals surface area contributed by atoms with Crippen LogP contribution < -0.4 is 10.6 Å². The van der Waals surface area contributed by atoms with E-state index in [-0.39, 0.29) is 11.5 Å². The molecule has 2 heterocycles. The van der Waals surface area contributed by atoms with E-state index >= 15 is 0 Å². The lowest BCUT2D eigenvalue weighted by Crippen LogP contribution is -2.31. The van der Waals surface area contributed by atoms with Crippen molar-refractivity contribution in [2.24, 2.45) is 5.41 Å². The van der Waals surface area contributed by atoms with Gasteiger partial charge in [-0.2, -0.15) is 9.97 Å². The first kappa shape index (κ1) is 15.3. The molecule has 0 saturated carbocycles. The lowest BCUT2D eigenvalue weighted by atomic mass is 9.88. The molecule has 6 nitrogen and oxygen atoms in total. The standard InChI is InChI=1S/C17H22N6/c1-11(17(2,3)4)20-15-13-14(19-10-18-13)22-16(23-15)21-12-8-6-5-7-9-12/h5-11H,1-4H3,(H3,18,19,20,21,22,23)/t11-/m0/s1. The van der Waals surface area contributed by atoms with Crippen LogP contribution in [0.25, 0.3) is 11.2 Å². The number of imidazole rings is 1. The van der Waals surface area contributed by atoms with Crippen molar-refractivity contribution in [2.45, 2.75) is 33.7 Å². The van der Waals surface area contributed by atoms with Crippen LogP contribution in [-0.4, -0.2) is 26.0 Å². The molecular weight excluding hydrogens is 288 g/mol. The minimum atomic E-state index is 0.115. The van der Waals surface area contributed by atoms with E-state index in [4.69, 9.17) is 0 Å². The summed E-state index contributed by atoms with van der Waals surface area (Å²) in [4.78, 5) is 16.4. The molecule has 0 aliphatic rings. The Morgan fingerprint density at radius 3 is 2.52 bits per heavy atom. The Bertz CT molecular complexity index is 788. The molecule has 3 N–H and O–H groups in total. The molecule has 23 heavy (non-hydrogen) atoms. The summed E-state index contributed by atoms with van der Waals surface area (Å²) in [5.74, 6) is 1.28. The minimum absolute atomic E-state index is 0.115. The quantitative estimate of drug-likeness (QED) is 0.680. The van der Waals surface area contributed by atoms with Crippen LogP contribution in [0.3, 0.4) is 0 Å². The van der Waals surface area contributed by atoms with Crippen molar-refractivity contribution in [2.75, 3.05) is 10.6 Å². The number of hydrogen-bond acceptors (Lipinski definition) is 5. The Morgan fingerprint density at radius 2 is 1.83 bits per heavy atom. The predicted molar refractivity (Wildman–Crippen MR) is 93.9 cm³/mol. The molecule has 1 aromatic carbocycles. The molecule has 6 heteroatoms. The largest absolute Gasteiger partial charge is 0.365 e. The minimum Gasteiger partial charge on any atom is -0.365 e. The third-order valence-corrected chi connectivity index (χ3v) is 3.97. The van der Waals surface area contributed by atoms with Gasteiger partial charge >= 0.3 is 0 Å². The summed E-state index contributed by atoms with van der Waals surface area (Å²) < 4.78 is 0. The number of nitrogens with zero attached hydrogens (tertiary/aromatic N) is 3. The molecule has 3 aromatic rings. The smallest absolute Gasteiger partial charge is 0.231 e. The summed E-state index contributed by atoms with van der Waals surface area (Å²) in [5.41, 5.74) is 2.52. The third kappa shape index (κ3) is 3.41. The number of anilines is 3. The molecule has 0 saturated heterocycles. The molecule has 0 bridgehead atoms. The summed E-state index contributed by atoms with van der Waals surface area (Å²) in [5, 5.41) is 6.70. The Balaban J connectivity index is 1.95. The number of rotatable bonds is 4. The highest BCUT2D eigenvalue weighted by atomic mass is 15.2. The number of aromatic amines is 1. The molecular formula is C17H22N6. The Morgan fingerprint density at radius 1 is 1.09 bits per heavy atom. The van der Waals surface area contributed by atoms with Gasteiger partial charge in [0.05, 0.1) is 6.33 Å². The van der Waals surface area contributed by atoms with E-state index in [9.17, 15) is 0 Å². The van der Waals surface area contributed by atoms with Crippen LogP contribution in [0, 0.1) is 5.41 Å². The maximum Gasteiger partial charge on any atom is 0.231 e. The fourth-order valence-electron chi connectivity index (χ4n) is 2.07. The van der Waals surface area contributed by atoms with E-state index in [1.165, 1.54) is 0 Å². The summed E-state index contributed by atoms with van der Waals surface area (Å²) in [6.45, 7) is 8.73. The van der Waals surface area contributed by atoms with Crippen LogP contribution in [0.15, 0.2) is 36.7 Å². The van der Waals surface area contributed by atoms with E-state index in [1.807, 2.05) is 30.3 Å². The average Bonchev–Trinajstić information content (AvgIpc) is 2.96. The summed E-state index contributed by atoms with van der Waals surface area (Å²) in [6, 6.07) is 10.1. The molecule has 2 aromatic heterocycles. The van der Waals surface area contributed by atoms with E-state index in [2.05, 4.69) is 58.3 Å². The van der Waals surface area contributed by atoms with E-state index < -0.39 is 0 Å². The first-order chi connectivity index (χ1) is 10.9. The zero-order valence-electron chi connectivity index (χ0n) is 13.9. The number of aromatic nitrogens is 4. The van der Waals surface area contributed by atoms with Crippen LogP contribution in [0.1, 0.15) is 27.7 Å². The van der Waals surface area contributed by atoms with Gasteiger partial charge in [-0.25, -0.2) is 4.98 Å². The second kappa shape index (κ2) is 5.87. The number of nitrogens with one attached hydrogen (secondary N) is 3. The van der Waals surface area contributed by atoms with Crippen molar-refractivity contribution >= 4 is 28.6 Å². The summed E-state index contributed by atoms with van der Waals surface area (Å²) >= 11 is 0. The molecule has 120 valence electrons. The second-order valence-corrected chi connectivity index (χ2v) is 6.72. The number of para-hydroxylation sites is 1. The average molecular weight is 310 g/mol. The number of hydrogen-bond donors (Lipinski definition) is 3. The number of benzene rings is 1. The lowest BCUT2D eigenvalue weighted by molar-refractivity contribution is 0.359. The van der Waals surface area contributed by atoms with Crippen LogP contribution in [-0.2, 0) is 0 Å². The van der Waals surface area contributed by atoms with Crippen LogP contribution >= 0.6 is 0 Å². The van der Waals surface area contributed by atoms with Crippen molar-refractivity contribution in [3.05, 3.63) is 36.7 Å². The Kier molecular flexibility index (Phi) is 3.90. The normalized spacial score (nSPS) is 13.0. The van der Waals surface area contributed by atoms with Gasteiger partial charge in [0, 0.05) is 11.7 Å². The van der Waals surface area contributed by atoms with Gasteiger partial charge in [-0.3, -0.25) is 0 Å². The van der Waals surface area contributed by atoms with Gasteiger partial charge in [0.15, 0.2) is 11.5 Å². The predicted octanol–water partition coefficient (Wildman–Crippen LogP) is 3.94. The highest BCUT2D eigenvalue weighted by Crippen LogP contribution is 2.26. The van der Waals surface area contributed by atoms with Gasteiger partial charge in [-0.15, -0.1) is 0 Å². The monoisotopic (exact) mass is 310 g/mol. The van der Waals surface area contributed by atoms with Crippen molar-refractivity contribution in [3.63, 3.8) is 0 Å². The lowest BCUT2D eigenvalue weighted by Gasteiger charge is -2.28. The van der Waals surface area contributed by atoms with Gasteiger partial charge < -0.3 is 15.6 Å². The van der Waals surface area contributed by atoms with Crippen LogP contribution in [0.4, 0.5) is 17.5 Å². The topological polar surface area (TPSA) is 78.5 Å². The molecule has 0 amide bonds. The maximum atomic E-state index is 4.62. The first-order valence-electron chi connectivity index (χ1n) is 7.73. The zero-order valence-corrected chi connectivity index (χ0v) is 13.9. The molecule has 0 fully saturated rings. The molecule has 0 spiro atoms. The summed E-state index contributed by atoms with van der Waals surface area (Å²) in [7, 11) is 0. The maximum absolute atomic E-state index is 4.62. The van der Waals surface area contributed by atoms with Crippen molar-refractivity contribution < 1.29 is 0 Å². The molecule has 0 aliphatic heterocycles. The van der Waals surface area contributed by atoms with Gasteiger partial charge in [-0.05, 0) is 24.5 Å². The summed E-state index contributed by atoms with van der Waals surface area (Å²) in [6.07, 6.45) is 1.64. The zero-order chi connectivity index (χ0) is 16.4. The highest BCUT2D eigenvalue weighted by Gasteiger charge is 2.22. The van der Waals surface area contributed by atoms with Gasteiger partial charge in [0.1, 0.15) is 5.52 Å². The fourth-order valence-corrected chi connectivity index (χ4v) is 2.07. The first-order valence-corrected chi connectivity index (χ1v) is 7.73. The second-order valence-electron chi connectivity index (χ2n) is 6.72. The van der Waals surface area contributed by atoms with Crippen molar-refractivity contribution in [1.82, 2.24) is 19.9 Å². The Hall–Kier alpha value is -2.63. The van der Waals surface area contributed by atoms with Gasteiger partial charge in [-0.1, -0.05) is 39.0 Å². The molecule has 0 radical (unpaired) electrons. The van der Waals surface area contributed by atoms with Crippen molar-refractivity contribution in [3.8, 4) is 0 Å². The highest BCUT2D eigenvalue weighted by molar-refractivity contribution is 5.84. The van der Waals surface area contributed by atoms with Gasteiger partial charge in [0.2, 0.25) is 5.95 Å². The number of H-pyrrole nitrogens is 1. The van der Waals surface area contributed by atoms with Crippen LogP contribution in [0.2, 0.25) is 0 Å². The number of fused-ring (bicyclic) bond motifs is 1. The van der Waals surface area contributed by atoms with E-state index in [1.54, 1.807) is 6.33 Å².